The largest absolute Gasteiger partial charge is 0.449 e. The molecule has 1 heterocycles. The van der Waals surface area contributed by atoms with Gasteiger partial charge in [-0.3, -0.25) is 4.79 Å². The third-order valence-corrected chi connectivity index (χ3v) is 6.27. The van der Waals surface area contributed by atoms with Crippen LogP contribution in [0, 0.1) is 0 Å². The van der Waals surface area contributed by atoms with Crippen LogP contribution in [0.25, 0.3) is 21.9 Å². The second-order valence-corrected chi connectivity index (χ2v) is 8.40. The highest BCUT2D eigenvalue weighted by Gasteiger charge is 2.29. The van der Waals surface area contributed by atoms with Gasteiger partial charge in [0.25, 0.3) is 0 Å². The van der Waals surface area contributed by atoms with E-state index in [1.807, 2.05) is 36.4 Å². The highest BCUT2D eigenvalue weighted by atomic mass is 16.5. The molecule has 2 atom stereocenters. The van der Waals surface area contributed by atoms with Crippen LogP contribution in [0.3, 0.4) is 0 Å². The number of fused-ring (bicyclic) bond motifs is 4. The van der Waals surface area contributed by atoms with Gasteiger partial charge < -0.3 is 25.3 Å². The number of rotatable bonds is 6. The van der Waals surface area contributed by atoms with Crippen molar-refractivity contribution in [2.24, 2.45) is 0 Å². The van der Waals surface area contributed by atoms with Gasteiger partial charge in [-0.2, -0.15) is 0 Å². The predicted molar refractivity (Wildman–Crippen MR) is 129 cm³/mol. The fourth-order valence-corrected chi connectivity index (χ4v) is 4.54. The van der Waals surface area contributed by atoms with Gasteiger partial charge in [-0.15, -0.1) is 0 Å². The van der Waals surface area contributed by atoms with E-state index in [9.17, 15) is 19.8 Å². The summed E-state index contributed by atoms with van der Waals surface area (Å²) in [5, 5.41) is 24.9. The van der Waals surface area contributed by atoms with Gasteiger partial charge >= 0.3 is 6.09 Å². The molecule has 34 heavy (non-hydrogen) atoms. The van der Waals surface area contributed by atoms with Crippen molar-refractivity contribution in [2.45, 2.75) is 18.1 Å². The second-order valence-electron chi connectivity index (χ2n) is 8.40. The maximum Gasteiger partial charge on any atom is 0.407 e. The third-order valence-electron chi connectivity index (χ3n) is 6.27. The van der Waals surface area contributed by atoms with E-state index >= 15 is 0 Å². The van der Waals surface area contributed by atoms with Gasteiger partial charge in [0, 0.05) is 24.7 Å². The summed E-state index contributed by atoms with van der Waals surface area (Å²) in [6.07, 6.45) is -1.57. The van der Waals surface area contributed by atoms with Crippen molar-refractivity contribution in [3.8, 4) is 11.1 Å². The van der Waals surface area contributed by atoms with Crippen LogP contribution in [0.4, 0.5) is 4.79 Å². The van der Waals surface area contributed by atoms with E-state index < -0.39 is 18.3 Å². The molecule has 7 heteroatoms. The van der Waals surface area contributed by atoms with Crippen molar-refractivity contribution in [3.63, 3.8) is 0 Å². The molecule has 0 radical (unpaired) electrons. The molecule has 7 nitrogen and oxygen atoms in total. The molecule has 4 aromatic rings. The lowest BCUT2D eigenvalue weighted by atomic mass is 9.98. The van der Waals surface area contributed by atoms with Crippen LogP contribution in [-0.4, -0.2) is 40.5 Å². The molecule has 5 rings (SSSR count). The fraction of sp³-hybridized carbons (Fsp3) is 0.185. The van der Waals surface area contributed by atoms with E-state index in [4.69, 9.17) is 4.74 Å². The molecule has 0 saturated heterocycles. The first-order chi connectivity index (χ1) is 16.5. The molecule has 0 aliphatic heterocycles. The molecule has 0 bridgehead atoms. The lowest BCUT2D eigenvalue weighted by Gasteiger charge is -2.20. The Kier molecular flexibility index (Phi) is 5.88. The van der Waals surface area contributed by atoms with Crippen molar-refractivity contribution in [1.29, 1.82) is 0 Å². The number of carbonyl (C=O) groups is 1. The minimum atomic E-state index is -1.25. The molecule has 172 valence electrons. The average Bonchev–Trinajstić information content (AvgIpc) is 3.18. The van der Waals surface area contributed by atoms with Gasteiger partial charge in [0.15, 0.2) is 0 Å². The number of aromatic amines is 1. The maximum atomic E-state index is 12.3. The lowest BCUT2D eigenvalue weighted by molar-refractivity contribution is 0.0186. The predicted octanol–water partition coefficient (Wildman–Crippen LogP) is 3.46. The van der Waals surface area contributed by atoms with Crippen LogP contribution in [0.2, 0.25) is 0 Å². The number of hydrogen-bond donors (Lipinski definition) is 4. The van der Waals surface area contributed by atoms with E-state index in [1.165, 1.54) is 6.07 Å². The first-order valence-corrected chi connectivity index (χ1v) is 11.1. The molecule has 0 saturated carbocycles. The minimum absolute atomic E-state index is 0.0607. The number of nitrogens with one attached hydrogen (secondary N) is 2. The molecule has 0 spiro atoms. The Labute approximate surface area is 195 Å². The summed E-state index contributed by atoms with van der Waals surface area (Å²) in [6, 6.07) is 22.6. The number of alkyl carbamates (subject to hydrolysis) is 1. The van der Waals surface area contributed by atoms with Crippen LogP contribution in [0.5, 0.6) is 0 Å². The number of aliphatic hydroxyl groups is 2. The number of carbonyl (C=O) groups excluding carboxylic acids is 1. The molecule has 1 aliphatic rings. The smallest absolute Gasteiger partial charge is 0.407 e. The number of aliphatic hydroxyl groups excluding tert-OH is 2. The zero-order valence-corrected chi connectivity index (χ0v) is 18.3. The topological polar surface area (TPSA) is 112 Å². The molecular weight excluding hydrogens is 432 g/mol. The first-order valence-electron chi connectivity index (χ1n) is 11.1. The molecule has 0 fully saturated rings. The van der Waals surface area contributed by atoms with Gasteiger partial charge in [-0.1, -0.05) is 60.7 Å². The quantitative estimate of drug-likeness (QED) is 0.355. The molecule has 1 aliphatic carbocycles. The van der Waals surface area contributed by atoms with Crippen LogP contribution >= 0.6 is 0 Å². The summed E-state index contributed by atoms with van der Waals surface area (Å²) in [4.78, 5) is 26.5. The number of ether oxygens (including phenoxy) is 1. The van der Waals surface area contributed by atoms with Crippen molar-refractivity contribution in [3.05, 3.63) is 106 Å². The number of benzene rings is 3. The molecule has 3 aromatic carbocycles. The van der Waals surface area contributed by atoms with Gasteiger partial charge in [0.2, 0.25) is 5.56 Å². The van der Waals surface area contributed by atoms with E-state index in [0.29, 0.717) is 10.9 Å². The van der Waals surface area contributed by atoms with Gasteiger partial charge in [-0.05, 0) is 44.7 Å². The van der Waals surface area contributed by atoms with Gasteiger partial charge in [0.1, 0.15) is 18.8 Å². The van der Waals surface area contributed by atoms with Crippen LogP contribution in [0.15, 0.2) is 83.8 Å². The average molecular weight is 456 g/mol. The summed E-state index contributed by atoms with van der Waals surface area (Å²) in [7, 11) is 0. The zero-order valence-electron chi connectivity index (χ0n) is 18.3. The summed E-state index contributed by atoms with van der Waals surface area (Å²) >= 11 is 0. The highest BCUT2D eigenvalue weighted by molar-refractivity contribution is 5.82. The Morgan fingerprint density at radius 3 is 2.32 bits per heavy atom. The third kappa shape index (κ3) is 4.19. The van der Waals surface area contributed by atoms with Crippen molar-refractivity contribution < 1.29 is 19.7 Å². The summed E-state index contributed by atoms with van der Waals surface area (Å²) in [5.41, 5.74) is 4.70. The van der Waals surface area contributed by atoms with Crippen LogP contribution in [-0.2, 0) is 4.74 Å². The monoisotopic (exact) mass is 456 g/mol. The van der Waals surface area contributed by atoms with Crippen molar-refractivity contribution in [1.82, 2.24) is 10.3 Å². The number of H-pyrrole nitrogens is 1. The van der Waals surface area contributed by atoms with E-state index in [1.54, 1.807) is 24.4 Å². The van der Waals surface area contributed by atoms with E-state index in [2.05, 4.69) is 22.4 Å². The Hall–Kier alpha value is -3.94. The second kappa shape index (κ2) is 9.13. The molecule has 4 N–H and O–H groups in total. The summed E-state index contributed by atoms with van der Waals surface area (Å²) in [5.74, 6) is -0.0607. The van der Waals surface area contributed by atoms with E-state index in [0.717, 1.165) is 27.6 Å². The van der Waals surface area contributed by atoms with Crippen molar-refractivity contribution in [2.75, 3.05) is 13.2 Å². The van der Waals surface area contributed by atoms with Gasteiger partial charge in [0.05, 0.1) is 0 Å². The van der Waals surface area contributed by atoms with Gasteiger partial charge in [-0.25, -0.2) is 4.79 Å². The van der Waals surface area contributed by atoms with Crippen LogP contribution < -0.4 is 10.9 Å². The number of hydrogen-bond acceptors (Lipinski definition) is 5. The van der Waals surface area contributed by atoms with Crippen molar-refractivity contribution >= 4 is 16.9 Å². The van der Waals surface area contributed by atoms with E-state index in [-0.39, 0.29) is 24.6 Å². The first kappa shape index (κ1) is 21.9. The molecular formula is C27H24N2O5. The Balaban J connectivity index is 1.19. The number of aromatic nitrogens is 1. The molecule has 1 amide bonds. The Bertz CT molecular complexity index is 1370. The van der Waals surface area contributed by atoms with Crippen LogP contribution in [0.1, 0.15) is 28.7 Å². The zero-order chi connectivity index (χ0) is 23.7. The Morgan fingerprint density at radius 1 is 0.941 bits per heavy atom. The Morgan fingerprint density at radius 2 is 1.62 bits per heavy atom. The minimum Gasteiger partial charge on any atom is -0.449 e. The SMILES string of the molecule is O=C(NCC(O)C(O)c1ccc2c[nH]c(=O)cc2c1)OCC1c2ccccc2-c2ccccc21. The normalized spacial score (nSPS) is 14.3. The maximum absolute atomic E-state index is 12.3. The molecule has 2 unspecified atom stereocenters. The lowest BCUT2D eigenvalue weighted by Crippen LogP contribution is -2.36. The molecule has 1 aromatic heterocycles. The fourth-order valence-electron chi connectivity index (χ4n) is 4.54. The highest BCUT2D eigenvalue weighted by Crippen LogP contribution is 2.44. The standard InChI is InChI=1S/C27H24N2O5/c30-24(26(32)16-9-10-17-13-28-25(31)12-18(17)11-16)14-29-27(33)34-15-23-21-7-3-1-5-19(21)20-6-2-4-8-22(20)23/h1-13,23-24,26,30,32H,14-15H2,(H,28,31)(H,29,33). The number of pyridine rings is 1. The summed E-state index contributed by atoms with van der Waals surface area (Å²) in [6.45, 7) is -0.0248. The summed E-state index contributed by atoms with van der Waals surface area (Å²) < 4.78 is 5.47. The number of amides is 1.